The van der Waals surface area contributed by atoms with Gasteiger partial charge in [-0.2, -0.15) is 9.13 Å². The Bertz CT molecular complexity index is 1890. The van der Waals surface area contributed by atoms with Crippen molar-refractivity contribution in [2.45, 2.75) is 151 Å². The summed E-state index contributed by atoms with van der Waals surface area (Å²) in [6.07, 6.45) is 20.8. The maximum atomic E-state index is 14.0. The first-order valence-electron chi connectivity index (χ1n) is 23.7. The Hall–Kier alpha value is -3.42. The Morgan fingerprint density at radius 1 is 0.717 bits per heavy atom. The number of hydrogen-bond acceptors (Lipinski definition) is 6. The van der Waals surface area contributed by atoms with Gasteiger partial charge in [-0.1, -0.05) is 60.6 Å². The standard InChI is InChI=1S/C52H80N4O4/c1-14-40(55-30-21-36(22-31-55)53(10)11)46(57)59-34-52-27-18-38(35(3)4)45(52)39-16-17-43-49(7)25-20-44(48(5,6)42(49)19-26-51(43,9)50(39,8)28-29-52)60-47(58)41(15-2)56-32-23-37(24-33-56)54(12)13/h21-24,30-33,38-45H,3,14-20,25-29,34H2,1-2,4-13H3/q+2/t38-,39+,40?,41?,42-,43+,44-,45+,49-,50+,51+,52+/m0/s1. The van der Waals surface area contributed by atoms with E-state index in [-0.39, 0.29) is 57.2 Å². The Morgan fingerprint density at radius 2 is 1.28 bits per heavy atom. The van der Waals surface area contributed by atoms with Crippen molar-refractivity contribution in [3.05, 3.63) is 61.2 Å². The number of anilines is 2. The predicted octanol–water partition coefficient (Wildman–Crippen LogP) is 10.1. The van der Waals surface area contributed by atoms with Crippen LogP contribution in [0, 0.1) is 56.7 Å². The zero-order valence-electron chi connectivity index (χ0n) is 39.6. The highest BCUT2D eigenvalue weighted by molar-refractivity contribution is 5.73. The van der Waals surface area contributed by atoms with E-state index in [1.165, 1.54) is 37.7 Å². The van der Waals surface area contributed by atoms with Crippen molar-refractivity contribution in [2.24, 2.45) is 56.7 Å². The summed E-state index contributed by atoms with van der Waals surface area (Å²) in [7, 11) is 8.15. The predicted molar refractivity (Wildman–Crippen MR) is 240 cm³/mol. The molecule has 5 aliphatic rings. The molecule has 0 N–H and O–H groups in total. The van der Waals surface area contributed by atoms with Crippen molar-refractivity contribution in [3.63, 3.8) is 0 Å². The minimum absolute atomic E-state index is 0.00154. The first kappa shape index (κ1) is 44.6. The van der Waals surface area contributed by atoms with Crippen LogP contribution in [-0.2, 0) is 19.1 Å². The van der Waals surface area contributed by atoms with Crippen LogP contribution in [-0.4, -0.2) is 52.8 Å². The van der Waals surface area contributed by atoms with E-state index in [1.54, 1.807) is 0 Å². The van der Waals surface area contributed by atoms with Crippen LogP contribution < -0.4 is 18.9 Å². The zero-order chi connectivity index (χ0) is 43.6. The van der Waals surface area contributed by atoms with E-state index in [1.807, 2.05) is 62.1 Å². The van der Waals surface area contributed by atoms with Gasteiger partial charge >= 0.3 is 11.9 Å². The van der Waals surface area contributed by atoms with E-state index in [9.17, 15) is 9.59 Å². The smallest absolute Gasteiger partial charge is 0.376 e. The molecule has 12 atom stereocenters. The van der Waals surface area contributed by atoms with Crippen molar-refractivity contribution in [3.8, 4) is 0 Å². The van der Waals surface area contributed by atoms with Crippen LogP contribution in [0.15, 0.2) is 61.2 Å². The Labute approximate surface area is 363 Å². The van der Waals surface area contributed by atoms with Crippen molar-refractivity contribution in [1.82, 2.24) is 0 Å². The second-order valence-electron chi connectivity index (χ2n) is 22.1. The molecular weight excluding hydrogens is 745 g/mol. The first-order valence-corrected chi connectivity index (χ1v) is 23.7. The van der Waals surface area contributed by atoms with Crippen LogP contribution in [0.1, 0.15) is 145 Å². The fraction of sp³-hybridized carbons (Fsp3) is 0.731. The number of aromatic nitrogens is 2. The SMILES string of the molecule is C=C(C)[C@@H]1CC[C@]2(COC(=O)C(CC)[n+]3ccc(N(C)C)cc3)CC[C@]3(C)[C@H](CC[C@@H]4[C@@]5(C)CC[C@H](OC(=O)C(CC)[n+]6ccc(N(C)C)cc6)C(C)(C)[C@@H]5CC[C@]43C)[C@@H]12. The van der Waals surface area contributed by atoms with Crippen molar-refractivity contribution in [1.29, 1.82) is 0 Å². The molecular formula is C52H80N4O4+2. The topological polar surface area (TPSA) is 66.8 Å². The van der Waals surface area contributed by atoms with E-state index in [0.717, 1.165) is 43.5 Å². The molecule has 0 bridgehead atoms. The average molecular weight is 825 g/mol. The number of allylic oxidation sites excluding steroid dienone is 1. The maximum Gasteiger partial charge on any atom is 0.376 e. The van der Waals surface area contributed by atoms with Crippen molar-refractivity contribution >= 4 is 23.3 Å². The minimum Gasteiger partial charge on any atom is -0.460 e. The highest BCUT2D eigenvalue weighted by Gasteiger charge is 2.71. The van der Waals surface area contributed by atoms with E-state index in [2.05, 4.69) is 96.0 Å². The van der Waals surface area contributed by atoms with Crippen LogP contribution >= 0.6 is 0 Å². The number of fused-ring (bicyclic) bond motifs is 7. The molecule has 8 heteroatoms. The zero-order valence-corrected chi connectivity index (χ0v) is 39.6. The minimum atomic E-state index is -0.330. The number of nitrogens with zero attached hydrogens (tertiary/aromatic N) is 4. The van der Waals surface area contributed by atoms with E-state index >= 15 is 0 Å². The lowest BCUT2D eigenvalue weighted by atomic mass is 9.32. The first-order chi connectivity index (χ1) is 28.3. The molecule has 8 nitrogen and oxygen atoms in total. The van der Waals surface area contributed by atoms with Gasteiger partial charge in [0, 0.05) is 87.5 Å². The van der Waals surface area contributed by atoms with Crippen molar-refractivity contribution < 1.29 is 28.2 Å². The molecule has 2 aromatic rings. The summed E-state index contributed by atoms with van der Waals surface area (Å²) in [6.45, 7) is 24.4. The van der Waals surface area contributed by atoms with Gasteiger partial charge in [0.05, 0.1) is 6.61 Å². The number of rotatable bonds is 12. The van der Waals surface area contributed by atoms with Crippen LogP contribution in [0.2, 0.25) is 0 Å². The molecule has 7 rings (SSSR count). The molecule has 2 heterocycles. The summed E-state index contributed by atoms with van der Waals surface area (Å²) in [5.74, 6) is 2.42. The van der Waals surface area contributed by atoms with Gasteiger partial charge in [-0.05, 0) is 117 Å². The highest BCUT2D eigenvalue weighted by atomic mass is 16.5. The second kappa shape index (κ2) is 16.4. The molecule has 0 saturated heterocycles. The van der Waals surface area contributed by atoms with Crippen LogP contribution in [0.25, 0.3) is 0 Å². The lowest BCUT2D eigenvalue weighted by Gasteiger charge is -2.73. The summed E-state index contributed by atoms with van der Waals surface area (Å²) in [6, 6.07) is 7.62. The normalized spacial score (nSPS) is 36.3. The molecule has 5 fully saturated rings. The van der Waals surface area contributed by atoms with Crippen LogP contribution in [0.4, 0.5) is 11.4 Å². The highest BCUT2D eigenvalue weighted by Crippen LogP contribution is 2.77. The molecule has 5 aliphatic carbocycles. The largest absolute Gasteiger partial charge is 0.460 e. The van der Waals surface area contributed by atoms with Crippen LogP contribution in [0.5, 0.6) is 0 Å². The molecule has 2 unspecified atom stereocenters. The average Bonchev–Trinajstić information content (AvgIpc) is 3.60. The van der Waals surface area contributed by atoms with Gasteiger partial charge in [-0.25, -0.2) is 9.59 Å². The van der Waals surface area contributed by atoms with Gasteiger partial charge in [-0.3, -0.25) is 0 Å². The molecule has 5 saturated carbocycles. The summed E-state index contributed by atoms with van der Waals surface area (Å²) in [5, 5.41) is 0. The fourth-order valence-corrected chi connectivity index (χ4v) is 15.1. The number of carbonyl (C=O) groups is 2. The van der Waals surface area contributed by atoms with E-state index in [4.69, 9.17) is 9.47 Å². The quantitative estimate of drug-likeness (QED) is 0.121. The summed E-state index contributed by atoms with van der Waals surface area (Å²) >= 11 is 0. The van der Waals surface area contributed by atoms with Gasteiger partial charge < -0.3 is 19.3 Å². The molecule has 0 amide bonds. The third kappa shape index (κ3) is 7.19. The van der Waals surface area contributed by atoms with E-state index in [0.29, 0.717) is 49.0 Å². The molecule has 0 radical (unpaired) electrons. The Balaban J connectivity index is 1.09. The second-order valence-corrected chi connectivity index (χ2v) is 22.1. The molecule has 60 heavy (non-hydrogen) atoms. The molecule has 0 aromatic carbocycles. The lowest BCUT2D eigenvalue weighted by molar-refractivity contribution is -0.711. The third-order valence-electron chi connectivity index (χ3n) is 18.7. The maximum absolute atomic E-state index is 14.0. The Kier molecular flexibility index (Phi) is 12.2. The van der Waals surface area contributed by atoms with Gasteiger partial charge in [0.2, 0.25) is 0 Å². The fourth-order valence-electron chi connectivity index (χ4n) is 15.1. The molecule has 0 spiro atoms. The molecule has 2 aromatic heterocycles. The third-order valence-corrected chi connectivity index (χ3v) is 18.7. The van der Waals surface area contributed by atoms with Gasteiger partial charge in [0.15, 0.2) is 24.8 Å². The Morgan fingerprint density at radius 3 is 1.82 bits per heavy atom. The lowest BCUT2D eigenvalue weighted by Crippen LogP contribution is -2.67. The van der Waals surface area contributed by atoms with Crippen LogP contribution in [0.3, 0.4) is 0 Å². The number of carbonyl (C=O) groups excluding carboxylic acids is 2. The summed E-state index contributed by atoms with van der Waals surface area (Å²) in [4.78, 5) is 32.1. The van der Waals surface area contributed by atoms with Gasteiger partial charge in [-0.15, -0.1) is 0 Å². The number of hydrogen-bond donors (Lipinski definition) is 0. The number of esters is 2. The summed E-state index contributed by atoms with van der Waals surface area (Å²) in [5.41, 5.74) is 4.00. The van der Waals surface area contributed by atoms with Crippen molar-refractivity contribution in [2.75, 3.05) is 44.6 Å². The molecule has 0 aliphatic heterocycles. The number of pyridine rings is 2. The molecule has 330 valence electrons. The summed E-state index contributed by atoms with van der Waals surface area (Å²) < 4.78 is 17.2. The van der Waals surface area contributed by atoms with E-state index < -0.39 is 0 Å². The van der Waals surface area contributed by atoms with Gasteiger partial charge in [0.1, 0.15) is 6.10 Å². The van der Waals surface area contributed by atoms with Gasteiger partial charge in [0.25, 0.3) is 12.1 Å². The number of ether oxygens (including phenoxy) is 2. The monoisotopic (exact) mass is 825 g/mol.